The van der Waals surface area contributed by atoms with Gasteiger partial charge in [-0.25, -0.2) is 0 Å². The van der Waals surface area contributed by atoms with E-state index in [1.807, 2.05) is 61.5 Å². The monoisotopic (exact) mass is 408 g/mol. The highest BCUT2D eigenvalue weighted by Crippen LogP contribution is 2.27. The van der Waals surface area contributed by atoms with E-state index in [1.165, 1.54) is 6.08 Å². The molecule has 0 spiro atoms. The molecule has 0 bridgehead atoms. The predicted molar refractivity (Wildman–Crippen MR) is 122 cm³/mol. The first kappa shape index (κ1) is 20.7. The first-order valence-electron chi connectivity index (χ1n) is 9.70. The van der Waals surface area contributed by atoms with Gasteiger partial charge in [-0.1, -0.05) is 23.7 Å². The number of benzene rings is 2. The number of rotatable bonds is 7. The van der Waals surface area contributed by atoms with Crippen molar-refractivity contribution >= 4 is 35.0 Å². The van der Waals surface area contributed by atoms with Crippen LogP contribution in [0.5, 0.6) is 0 Å². The van der Waals surface area contributed by atoms with Crippen LogP contribution >= 0.6 is 11.6 Å². The number of nitrogens with zero attached hydrogens (tertiary/aromatic N) is 1. The second-order valence-electron chi connectivity index (χ2n) is 6.71. The number of hydrogen-bond acceptors (Lipinski definition) is 3. The number of furan rings is 1. The summed E-state index contributed by atoms with van der Waals surface area (Å²) in [6, 6.07) is 17.3. The van der Waals surface area contributed by atoms with Crippen molar-refractivity contribution in [3.63, 3.8) is 0 Å². The lowest BCUT2D eigenvalue weighted by Gasteiger charge is -2.21. The first-order chi connectivity index (χ1) is 14.0. The summed E-state index contributed by atoms with van der Waals surface area (Å²) < 4.78 is 5.80. The van der Waals surface area contributed by atoms with Gasteiger partial charge in [0.05, 0.1) is 0 Å². The number of hydrogen-bond donors (Lipinski definition) is 1. The molecule has 1 heterocycles. The van der Waals surface area contributed by atoms with Gasteiger partial charge in [-0.2, -0.15) is 0 Å². The molecule has 0 atom stereocenters. The van der Waals surface area contributed by atoms with Crippen LogP contribution in [0.4, 0.5) is 11.4 Å². The molecule has 0 aliphatic carbocycles. The molecule has 0 aliphatic heterocycles. The molecular formula is C24H25ClN2O2. The predicted octanol–water partition coefficient (Wildman–Crippen LogP) is 6.41. The molecule has 1 N–H and O–H groups in total. The fraction of sp³-hybridized carbons (Fsp3) is 0.208. The second kappa shape index (κ2) is 9.48. The van der Waals surface area contributed by atoms with Crippen molar-refractivity contribution in [2.45, 2.75) is 20.8 Å². The van der Waals surface area contributed by atoms with Crippen molar-refractivity contribution in [2.24, 2.45) is 0 Å². The molecule has 0 unspecified atom stereocenters. The van der Waals surface area contributed by atoms with Crippen molar-refractivity contribution in [3.05, 3.63) is 77.0 Å². The highest BCUT2D eigenvalue weighted by atomic mass is 35.5. The summed E-state index contributed by atoms with van der Waals surface area (Å²) in [6.07, 6.45) is 3.11. The van der Waals surface area contributed by atoms with Gasteiger partial charge in [-0.3, -0.25) is 4.79 Å². The first-order valence-corrected chi connectivity index (χ1v) is 10.1. The molecule has 0 saturated heterocycles. The molecule has 2 aromatic carbocycles. The minimum atomic E-state index is -0.211. The van der Waals surface area contributed by atoms with Crippen molar-refractivity contribution in [3.8, 4) is 11.3 Å². The molecule has 1 aromatic heterocycles. The lowest BCUT2D eigenvalue weighted by atomic mass is 10.1. The van der Waals surface area contributed by atoms with Crippen LogP contribution in [0.1, 0.15) is 25.2 Å². The summed E-state index contributed by atoms with van der Waals surface area (Å²) in [5.41, 5.74) is 3.81. The van der Waals surface area contributed by atoms with E-state index in [9.17, 15) is 4.79 Å². The van der Waals surface area contributed by atoms with E-state index < -0.39 is 0 Å². The Hall–Kier alpha value is -2.98. The van der Waals surface area contributed by atoms with Gasteiger partial charge in [0, 0.05) is 41.1 Å². The fourth-order valence-corrected chi connectivity index (χ4v) is 3.21. The van der Waals surface area contributed by atoms with Gasteiger partial charge in [-0.05, 0) is 74.9 Å². The quantitative estimate of drug-likeness (QED) is 0.459. The summed E-state index contributed by atoms with van der Waals surface area (Å²) in [7, 11) is 0. The number of anilines is 2. The highest BCUT2D eigenvalue weighted by molar-refractivity contribution is 6.31. The largest absolute Gasteiger partial charge is 0.457 e. The van der Waals surface area contributed by atoms with Crippen LogP contribution in [0.3, 0.4) is 0 Å². The fourth-order valence-electron chi connectivity index (χ4n) is 3.03. The van der Waals surface area contributed by atoms with Crippen LogP contribution < -0.4 is 10.2 Å². The molecule has 0 aliphatic rings. The summed E-state index contributed by atoms with van der Waals surface area (Å²) in [5, 5.41) is 3.56. The van der Waals surface area contributed by atoms with Crippen LogP contribution in [-0.2, 0) is 4.79 Å². The summed E-state index contributed by atoms with van der Waals surface area (Å²) in [4.78, 5) is 14.5. The Morgan fingerprint density at radius 2 is 1.79 bits per heavy atom. The topological polar surface area (TPSA) is 45.5 Å². The van der Waals surface area contributed by atoms with Crippen molar-refractivity contribution < 1.29 is 9.21 Å². The molecule has 150 valence electrons. The molecule has 0 radical (unpaired) electrons. The van der Waals surface area contributed by atoms with E-state index in [0.717, 1.165) is 35.6 Å². The van der Waals surface area contributed by atoms with E-state index in [4.69, 9.17) is 16.0 Å². The zero-order chi connectivity index (χ0) is 20.8. The second-order valence-corrected chi connectivity index (χ2v) is 7.11. The minimum Gasteiger partial charge on any atom is -0.457 e. The van der Waals surface area contributed by atoms with Crippen LogP contribution in [-0.4, -0.2) is 19.0 Å². The number of carbonyl (C=O) groups excluding carboxylic acids is 1. The number of carbonyl (C=O) groups is 1. The maximum absolute atomic E-state index is 12.2. The van der Waals surface area contributed by atoms with E-state index >= 15 is 0 Å². The third kappa shape index (κ3) is 5.30. The molecule has 1 amide bonds. The zero-order valence-corrected chi connectivity index (χ0v) is 17.7. The van der Waals surface area contributed by atoms with E-state index in [0.29, 0.717) is 16.5 Å². The van der Waals surface area contributed by atoms with Gasteiger partial charge in [0.15, 0.2) is 0 Å². The number of nitrogens with one attached hydrogen (secondary N) is 1. The molecule has 4 nitrogen and oxygen atoms in total. The summed E-state index contributed by atoms with van der Waals surface area (Å²) in [6.45, 7) is 8.10. The van der Waals surface area contributed by atoms with Crippen LogP contribution in [0, 0.1) is 6.92 Å². The van der Waals surface area contributed by atoms with Gasteiger partial charge in [0.2, 0.25) is 5.91 Å². The van der Waals surface area contributed by atoms with Crippen molar-refractivity contribution in [1.82, 2.24) is 0 Å². The lowest BCUT2D eigenvalue weighted by molar-refractivity contribution is -0.111. The van der Waals surface area contributed by atoms with E-state index in [-0.39, 0.29) is 5.91 Å². The Kier molecular flexibility index (Phi) is 6.78. The molecule has 5 heteroatoms. The van der Waals surface area contributed by atoms with Gasteiger partial charge < -0.3 is 14.6 Å². The van der Waals surface area contributed by atoms with Gasteiger partial charge in [0.1, 0.15) is 11.5 Å². The van der Waals surface area contributed by atoms with Gasteiger partial charge >= 0.3 is 0 Å². The van der Waals surface area contributed by atoms with Crippen LogP contribution in [0.2, 0.25) is 5.02 Å². The van der Waals surface area contributed by atoms with Gasteiger partial charge in [-0.15, -0.1) is 0 Å². The average Bonchev–Trinajstić information content (AvgIpc) is 3.20. The Morgan fingerprint density at radius 3 is 2.45 bits per heavy atom. The highest BCUT2D eigenvalue weighted by Gasteiger charge is 2.06. The average molecular weight is 409 g/mol. The standard InChI is InChI=1S/C24H25ClN2O2/c1-4-27(5-2)20-10-8-19(9-11-20)26-24(28)15-13-21-12-14-23(29-21)18-7-6-17(3)22(25)16-18/h6-16H,4-5H2,1-3H3,(H,26,28)/b15-13+. The van der Waals surface area contributed by atoms with Crippen molar-refractivity contribution in [2.75, 3.05) is 23.3 Å². The van der Waals surface area contributed by atoms with E-state index in [2.05, 4.69) is 24.1 Å². The molecule has 3 rings (SSSR count). The normalized spacial score (nSPS) is 11.0. The maximum Gasteiger partial charge on any atom is 0.248 e. The molecule has 0 fully saturated rings. The third-order valence-electron chi connectivity index (χ3n) is 4.75. The minimum absolute atomic E-state index is 0.211. The summed E-state index contributed by atoms with van der Waals surface area (Å²) >= 11 is 6.18. The number of aryl methyl sites for hydroxylation is 1. The lowest BCUT2D eigenvalue weighted by Crippen LogP contribution is -2.21. The Balaban J connectivity index is 1.62. The van der Waals surface area contributed by atoms with Crippen LogP contribution in [0.25, 0.3) is 17.4 Å². The summed E-state index contributed by atoms with van der Waals surface area (Å²) in [5.74, 6) is 1.10. The van der Waals surface area contributed by atoms with Crippen LogP contribution in [0.15, 0.2) is 65.1 Å². The molecule has 3 aromatic rings. The molecule has 29 heavy (non-hydrogen) atoms. The Morgan fingerprint density at radius 1 is 1.07 bits per heavy atom. The Labute approximate surface area is 176 Å². The van der Waals surface area contributed by atoms with Crippen molar-refractivity contribution in [1.29, 1.82) is 0 Å². The smallest absolute Gasteiger partial charge is 0.248 e. The molecular weight excluding hydrogens is 384 g/mol. The molecule has 0 saturated carbocycles. The van der Waals surface area contributed by atoms with E-state index in [1.54, 1.807) is 6.08 Å². The van der Waals surface area contributed by atoms with Gasteiger partial charge in [0.25, 0.3) is 0 Å². The number of amides is 1. The third-order valence-corrected chi connectivity index (χ3v) is 5.15. The maximum atomic E-state index is 12.2. The zero-order valence-electron chi connectivity index (χ0n) is 16.9. The SMILES string of the molecule is CCN(CC)c1ccc(NC(=O)/C=C/c2ccc(-c3ccc(C)c(Cl)c3)o2)cc1. The number of halogens is 1. The Bertz CT molecular complexity index is 1000.